The van der Waals surface area contributed by atoms with Crippen molar-refractivity contribution in [3.05, 3.63) is 124 Å². The van der Waals surface area contributed by atoms with Crippen molar-refractivity contribution in [3.8, 4) is 5.75 Å². The highest BCUT2D eigenvalue weighted by Crippen LogP contribution is 2.51. The Balaban J connectivity index is 0.000000218. The summed E-state index contributed by atoms with van der Waals surface area (Å²) in [4.78, 5) is 0.511. The van der Waals surface area contributed by atoms with Crippen LogP contribution in [0.15, 0.2) is 94.7 Å². The van der Waals surface area contributed by atoms with E-state index >= 15 is 0 Å². The lowest BCUT2D eigenvalue weighted by atomic mass is 9.69. The van der Waals surface area contributed by atoms with Crippen molar-refractivity contribution in [3.63, 3.8) is 0 Å². The van der Waals surface area contributed by atoms with E-state index in [4.69, 9.17) is 4.74 Å². The SMILES string of the molecule is CCCC[C@]1(CC)CS(=O)(=O)c2ccc(C)cc2[C@@H](c2ccc(F)cc2)[C@H]1O.CCCC[C@]1(CC)CS(=O)(=O)c2ccc(OC)cc2[C@H](c2ccc(F)cc2)[C@@H]1O. The predicted octanol–water partition coefficient (Wildman–Crippen LogP) is 9.70. The number of halogens is 2. The summed E-state index contributed by atoms with van der Waals surface area (Å²) in [5.41, 5.74) is 1.99. The van der Waals surface area contributed by atoms with Crippen molar-refractivity contribution < 1.29 is 40.6 Å². The summed E-state index contributed by atoms with van der Waals surface area (Å²) in [6.45, 7) is 9.93. The standard InChI is InChI=1S/C23H29FO4S.C23H29FO3S/c1-4-6-13-23(5-2)15-29(26,27)20-12-11-18(28-3)14-19(20)21(22(23)25)16-7-9-17(24)10-8-16;1-4-6-13-23(5-2)15-28(26,27)20-12-7-16(3)14-19(20)21(22(23)25)17-8-10-18(24)11-9-17/h7-12,14,21-22,25H,4-6,13,15H2,1-3H3;7-12,14,21-22,25H,4-6,13,15H2,1-3H3/t21-,22-,23+;21-,22-,23-/m01/s1. The van der Waals surface area contributed by atoms with Crippen LogP contribution in [0.5, 0.6) is 5.75 Å². The number of aliphatic hydroxyl groups is 2. The van der Waals surface area contributed by atoms with Crippen molar-refractivity contribution in [2.24, 2.45) is 10.8 Å². The van der Waals surface area contributed by atoms with E-state index in [-0.39, 0.29) is 28.0 Å². The third kappa shape index (κ3) is 9.17. The van der Waals surface area contributed by atoms with Gasteiger partial charge in [0.25, 0.3) is 0 Å². The number of unbranched alkanes of at least 4 members (excludes halogenated alkanes) is 2. The number of sulfone groups is 2. The van der Waals surface area contributed by atoms with E-state index in [1.54, 1.807) is 54.6 Å². The predicted molar refractivity (Wildman–Crippen MR) is 221 cm³/mol. The van der Waals surface area contributed by atoms with Gasteiger partial charge in [-0.25, -0.2) is 25.6 Å². The molecule has 0 saturated carbocycles. The third-order valence-electron chi connectivity index (χ3n) is 12.5. The number of aryl methyl sites for hydroxylation is 1. The van der Waals surface area contributed by atoms with Crippen molar-refractivity contribution in [1.29, 1.82) is 0 Å². The largest absolute Gasteiger partial charge is 0.497 e. The molecule has 0 radical (unpaired) electrons. The van der Waals surface area contributed by atoms with Crippen LogP contribution in [0.1, 0.15) is 119 Å². The zero-order chi connectivity index (χ0) is 41.8. The molecule has 0 saturated heterocycles. The fourth-order valence-corrected chi connectivity index (χ4v) is 13.5. The molecule has 4 aromatic rings. The van der Waals surface area contributed by atoms with Crippen LogP contribution in [0.3, 0.4) is 0 Å². The lowest BCUT2D eigenvalue weighted by molar-refractivity contribution is 0.0173. The number of benzene rings is 4. The van der Waals surface area contributed by atoms with Gasteiger partial charge in [0.05, 0.1) is 40.6 Å². The topological polar surface area (TPSA) is 118 Å². The van der Waals surface area contributed by atoms with Crippen molar-refractivity contribution in [2.45, 2.75) is 120 Å². The van der Waals surface area contributed by atoms with E-state index in [0.29, 0.717) is 53.0 Å². The Morgan fingerprint density at radius 1 is 0.632 bits per heavy atom. The first-order valence-electron chi connectivity index (χ1n) is 20.1. The van der Waals surface area contributed by atoms with Crippen LogP contribution < -0.4 is 4.74 Å². The Hall–Kier alpha value is -3.64. The van der Waals surface area contributed by atoms with E-state index in [1.165, 1.54) is 31.4 Å². The van der Waals surface area contributed by atoms with Crippen LogP contribution in [0.2, 0.25) is 0 Å². The molecule has 0 aromatic heterocycles. The summed E-state index contributed by atoms with van der Waals surface area (Å²) >= 11 is 0. The highest BCUT2D eigenvalue weighted by atomic mass is 32.2. The highest BCUT2D eigenvalue weighted by molar-refractivity contribution is 7.91. The summed E-state index contributed by atoms with van der Waals surface area (Å²) in [6, 6.07) is 22.2. The molecule has 0 aliphatic carbocycles. The molecule has 2 aliphatic rings. The fraction of sp³-hybridized carbons (Fsp3) is 0.478. The van der Waals surface area contributed by atoms with Crippen molar-refractivity contribution >= 4 is 19.7 Å². The molecule has 11 heteroatoms. The van der Waals surface area contributed by atoms with Gasteiger partial charge in [-0.05, 0) is 103 Å². The zero-order valence-electron chi connectivity index (χ0n) is 34.0. The maximum atomic E-state index is 13.6. The number of hydrogen-bond donors (Lipinski definition) is 2. The van der Waals surface area contributed by atoms with Gasteiger partial charge in [0.2, 0.25) is 0 Å². The molecule has 0 amide bonds. The van der Waals surface area contributed by atoms with Gasteiger partial charge in [-0.2, -0.15) is 0 Å². The molecule has 0 spiro atoms. The summed E-state index contributed by atoms with van der Waals surface area (Å²) in [6.07, 6.45) is 4.10. The number of methoxy groups -OCH3 is 1. The van der Waals surface area contributed by atoms with E-state index in [2.05, 4.69) is 13.8 Å². The molecule has 4 aromatic carbocycles. The van der Waals surface area contributed by atoms with Gasteiger partial charge in [-0.3, -0.25) is 0 Å². The van der Waals surface area contributed by atoms with Crippen LogP contribution in [0, 0.1) is 29.4 Å². The Labute approximate surface area is 338 Å². The molecular formula is C46H58F2O7S2. The summed E-state index contributed by atoms with van der Waals surface area (Å²) in [5.74, 6) is -1.46. The first-order chi connectivity index (χ1) is 27.0. The second kappa shape index (κ2) is 18.1. The normalized spacial score (nSPS) is 26.1. The lowest BCUT2D eigenvalue weighted by Crippen LogP contribution is -2.42. The van der Waals surface area contributed by atoms with Crippen LogP contribution in [-0.2, 0) is 19.7 Å². The molecule has 2 heterocycles. The summed E-state index contributed by atoms with van der Waals surface area (Å²) in [5, 5.41) is 23.3. The Kier molecular flexibility index (Phi) is 14.1. The molecule has 0 bridgehead atoms. The lowest BCUT2D eigenvalue weighted by Gasteiger charge is -2.39. The Morgan fingerprint density at radius 2 is 1.04 bits per heavy atom. The average Bonchev–Trinajstić information content (AvgIpc) is 3.31. The molecular weight excluding hydrogens is 767 g/mol. The molecule has 310 valence electrons. The molecule has 2 aliphatic heterocycles. The minimum absolute atomic E-state index is 0.0641. The molecule has 2 N–H and O–H groups in total. The minimum atomic E-state index is -3.63. The maximum Gasteiger partial charge on any atom is 0.179 e. The minimum Gasteiger partial charge on any atom is -0.497 e. The monoisotopic (exact) mass is 824 g/mol. The van der Waals surface area contributed by atoms with Gasteiger partial charge in [-0.15, -0.1) is 0 Å². The third-order valence-corrected chi connectivity index (χ3v) is 16.5. The van der Waals surface area contributed by atoms with E-state index in [1.807, 2.05) is 26.8 Å². The van der Waals surface area contributed by atoms with Crippen LogP contribution in [-0.4, -0.2) is 57.9 Å². The van der Waals surface area contributed by atoms with Gasteiger partial charge in [0, 0.05) is 22.7 Å². The Bertz CT molecular complexity index is 2210. The molecule has 6 atom stereocenters. The zero-order valence-corrected chi connectivity index (χ0v) is 35.6. The van der Waals surface area contributed by atoms with E-state index < -0.39 is 54.5 Å². The number of fused-ring (bicyclic) bond motifs is 2. The molecule has 7 nitrogen and oxygen atoms in total. The average molecular weight is 825 g/mol. The first kappa shape index (κ1) is 44.5. The summed E-state index contributed by atoms with van der Waals surface area (Å²) < 4.78 is 85.9. The second-order valence-corrected chi connectivity index (χ2v) is 20.0. The number of aliphatic hydroxyl groups excluding tert-OH is 2. The van der Waals surface area contributed by atoms with Crippen LogP contribution in [0.25, 0.3) is 0 Å². The van der Waals surface area contributed by atoms with Crippen molar-refractivity contribution in [1.82, 2.24) is 0 Å². The maximum absolute atomic E-state index is 13.6. The number of ether oxygens (including phenoxy) is 1. The van der Waals surface area contributed by atoms with Crippen LogP contribution >= 0.6 is 0 Å². The van der Waals surface area contributed by atoms with Gasteiger partial charge in [-0.1, -0.05) is 95.3 Å². The number of hydrogen-bond acceptors (Lipinski definition) is 7. The van der Waals surface area contributed by atoms with Crippen molar-refractivity contribution in [2.75, 3.05) is 18.6 Å². The number of rotatable bonds is 11. The fourth-order valence-electron chi connectivity index (χ4n) is 9.04. The van der Waals surface area contributed by atoms with Gasteiger partial charge in [0.15, 0.2) is 19.7 Å². The quantitative estimate of drug-likeness (QED) is 0.155. The van der Waals surface area contributed by atoms with Gasteiger partial charge < -0.3 is 14.9 Å². The highest BCUT2D eigenvalue weighted by Gasteiger charge is 2.50. The Morgan fingerprint density at radius 3 is 1.42 bits per heavy atom. The van der Waals surface area contributed by atoms with Gasteiger partial charge >= 0.3 is 0 Å². The smallest absolute Gasteiger partial charge is 0.179 e. The molecule has 6 rings (SSSR count). The molecule has 57 heavy (non-hydrogen) atoms. The molecule has 0 fully saturated rings. The molecule has 0 unspecified atom stereocenters. The van der Waals surface area contributed by atoms with E-state index in [0.717, 1.165) is 36.8 Å². The first-order valence-corrected chi connectivity index (χ1v) is 23.4. The van der Waals surface area contributed by atoms with E-state index in [9.17, 15) is 35.8 Å². The van der Waals surface area contributed by atoms with Gasteiger partial charge in [0.1, 0.15) is 17.4 Å². The second-order valence-electron chi connectivity index (χ2n) is 16.1. The van der Waals surface area contributed by atoms with Crippen LogP contribution in [0.4, 0.5) is 8.78 Å². The summed E-state index contributed by atoms with van der Waals surface area (Å²) in [7, 11) is -5.67.